The zero-order valence-electron chi connectivity index (χ0n) is 20.4. The third-order valence-corrected chi connectivity index (χ3v) is 6.48. The molecule has 0 aliphatic heterocycles. The number of primary sulfonamides is 1. The number of nitrogens with zero attached hydrogens (tertiary/aromatic N) is 5. The Morgan fingerprint density at radius 3 is 2.32 bits per heavy atom. The number of rotatable bonds is 8. The first-order valence-corrected chi connectivity index (χ1v) is 12.9. The number of pyridine rings is 1. The van der Waals surface area contributed by atoms with Gasteiger partial charge in [0.2, 0.25) is 15.9 Å². The van der Waals surface area contributed by atoms with Gasteiger partial charge in [-0.05, 0) is 32.0 Å². The van der Waals surface area contributed by atoms with Crippen LogP contribution in [0.5, 0.6) is 17.4 Å². The van der Waals surface area contributed by atoms with Crippen LogP contribution in [0.2, 0.25) is 5.15 Å². The smallest absolute Gasteiger partial charge is 0.229 e. The van der Waals surface area contributed by atoms with Gasteiger partial charge in [0.1, 0.15) is 28.6 Å². The molecule has 0 amide bonds. The molecular weight excluding hydrogens is 520 g/mol. The van der Waals surface area contributed by atoms with E-state index in [4.69, 9.17) is 31.0 Å². The molecule has 37 heavy (non-hydrogen) atoms. The Morgan fingerprint density at radius 2 is 1.73 bits per heavy atom. The summed E-state index contributed by atoms with van der Waals surface area (Å²) in [6.07, 6.45) is 0. The topological polar surface area (TPSA) is 144 Å². The summed E-state index contributed by atoms with van der Waals surface area (Å²) in [7, 11) is -1.19. The van der Waals surface area contributed by atoms with Gasteiger partial charge in [-0.25, -0.2) is 33.5 Å². The molecule has 3 heterocycles. The molecule has 13 heteroatoms. The number of nitrogens with two attached hydrogens (primary N) is 1. The van der Waals surface area contributed by atoms with Crippen molar-refractivity contribution in [1.82, 2.24) is 24.5 Å². The number of imidazole rings is 1. The summed E-state index contributed by atoms with van der Waals surface area (Å²) in [5, 5.41) is 3.74. The van der Waals surface area contributed by atoms with Crippen LogP contribution < -0.4 is 19.3 Å². The summed E-state index contributed by atoms with van der Waals surface area (Å²) in [6.45, 7) is 3.75. The lowest BCUT2D eigenvalue weighted by atomic mass is 10.2. The van der Waals surface area contributed by atoms with Gasteiger partial charge < -0.3 is 14.2 Å². The fourth-order valence-electron chi connectivity index (χ4n) is 3.69. The van der Waals surface area contributed by atoms with E-state index in [1.165, 1.54) is 21.1 Å². The normalized spacial score (nSPS) is 12.1. The van der Waals surface area contributed by atoms with E-state index in [1.807, 2.05) is 6.92 Å². The van der Waals surface area contributed by atoms with Crippen LogP contribution >= 0.6 is 11.6 Å². The Kier molecular flexibility index (Phi) is 7.49. The first kappa shape index (κ1) is 26.2. The molecule has 4 rings (SSSR count). The number of para-hydroxylation sites is 1. The predicted molar refractivity (Wildman–Crippen MR) is 138 cm³/mol. The molecule has 1 aromatic carbocycles. The SMILES string of the molecule is CC#CC(c1nc2c(nc1Cl)nc(-c1cccc(OCC)n1)n2-c1c(OC)cccc1OC)S(N)(=O)=O. The van der Waals surface area contributed by atoms with Gasteiger partial charge in [0, 0.05) is 6.07 Å². The number of benzene rings is 1. The number of halogens is 1. The van der Waals surface area contributed by atoms with Crippen LogP contribution in [0.4, 0.5) is 0 Å². The molecule has 0 radical (unpaired) electrons. The van der Waals surface area contributed by atoms with Gasteiger partial charge in [-0.3, -0.25) is 4.57 Å². The molecule has 4 aromatic rings. The Balaban J connectivity index is 2.15. The van der Waals surface area contributed by atoms with Gasteiger partial charge in [0.05, 0.1) is 20.8 Å². The summed E-state index contributed by atoms with van der Waals surface area (Å²) in [5.41, 5.74) is 1.01. The van der Waals surface area contributed by atoms with Gasteiger partial charge in [-0.2, -0.15) is 0 Å². The zero-order valence-corrected chi connectivity index (χ0v) is 22.0. The Morgan fingerprint density at radius 1 is 1.05 bits per heavy atom. The van der Waals surface area contributed by atoms with E-state index in [1.54, 1.807) is 41.0 Å². The molecule has 0 saturated heterocycles. The maximum absolute atomic E-state index is 12.4. The van der Waals surface area contributed by atoms with Crippen LogP contribution in [-0.4, -0.2) is 53.7 Å². The molecule has 1 atom stereocenters. The number of aromatic nitrogens is 5. The molecule has 2 N–H and O–H groups in total. The van der Waals surface area contributed by atoms with Crippen molar-refractivity contribution in [3.05, 3.63) is 47.2 Å². The summed E-state index contributed by atoms with van der Waals surface area (Å²) >= 11 is 6.38. The van der Waals surface area contributed by atoms with E-state index < -0.39 is 15.3 Å². The van der Waals surface area contributed by atoms with Gasteiger partial charge in [0.15, 0.2) is 27.5 Å². The van der Waals surface area contributed by atoms with Crippen molar-refractivity contribution in [2.24, 2.45) is 5.14 Å². The zero-order chi connectivity index (χ0) is 26.7. The van der Waals surface area contributed by atoms with E-state index in [2.05, 4.69) is 31.8 Å². The van der Waals surface area contributed by atoms with Crippen molar-refractivity contribution in [3.63, 3.8) is 0 Å². The molecule has 0 bridgehead atoms. The molecule has 0 fully saturated rings. The second kappa shape index (κ2) is 10.6. The second-order valence-corrected chi connectivity index (χ2v) is 9.49. The number of hydrogen-bond acceptors (Lipinski definition) is 9. The van der Waals surface area contributed by atoms with E-state index in [0.29, 0.717) is 41.2 Å². The lowest BCUT2D eigenvalue weighted by Gasteiger charge is -2.17. The Bertz CT molecular complexity index is 1620. The van der Waals surface area contributed by atoms with Crippen LogP contribution in [0.15, 0.2) is 36.4 Å². The van der Waals surface area contributed by atoms with Gasteiger partial charge in [-0.1, -0.05) is 29.7 Å². The number of sulfonamides is 1. The maximum Gasteiger partial charge on any atom is 0.229 e. The van der Waals surface area contributed by atoms with Crippen LogP contribution in [0, 0.1) is 11.8 Å². The van der Waals surface area contributed by atoms with Crippen molar-refractivity contribution >= 4 is 32.9 Å². The molecular formula is C24H23ClN6O5S. The average molecular weight is 543 g/mol. The minimum Gasteiger partial charge on any atom is -0.494 e. The minimum atomic E-state index is -4.20. The fourth-order valence-corrected chi connectivity index (χ4v) is 4.75. The highest BCUT2D eigenvalue weighted by Crippen LogP contribution is 2.38. The molecule has 0 saturated carbocycles. The van der Waals surface area contributed by atoms with Crippen molar-refractivity contribution in [2.45, 2.75) is 19.1 Å². The average Bonchev–Trinajstić information content (AvgIpc) is 3.23. The van der Waals surface area contributed by atoms with Gasteiger partial charge in [0.25, 0.3) is 0 Å². The van der Waals surface area contributed by atoms with Crippen molar-refractivity contribution in [2.75, 3.05) is 20.8 Å². The fraction of sp³-hybridized carbons (Fsp3) is 0.250. The first-order valence-electron chi connectivity index (χ1n) is 10.9. The van der Waals surface area contributed by atoms with Crippen molar-refractivity contribution in [3.8, 4) is 46.4 Å². The van der Waals surface area contributed by atoms with Crippen LogP contribution in [0.3, 0.4) is 0 Å². The number of methoxy groups -OCH3 is 2. The van der Waals surface area contributed by atoms with Crippen LogP contribution in [0.1, 0.15) is 24.8 Å². The van der Waals surface area contributed by atoms with Crippen LogP contribution in [0.25, 0.3) is 28.5 Å². The second-order valence-electron chi connectivity index (χ2n) is 7.49. The molecule has 1 unspecified atom stereocenters. The third-order valence-electron chi connectivity index (χ3n) is 5.20. The van der Waals surface area contributed by atoms with E-state index in [-0.39, 0.29) is 22.1 Å². The highest BCUT2D eigenvalue weighted by molar-refractivity contribution is 7.89. The molecule has 0 aliphatic carbocycles. The molecule has 0 aliphatic rings. The molecule has 0 spiro atoms. The lowest BCUT2D eigenvalue weighted by molar-refractivity contribution is 0.327. The van der Waals surface area contributed by atoms with E-state index in [9.17, 15) is 8.42 Å². The van der Waals surface area contributed by atoms with Gasteiger partial charge in [-0.15, -0.1) is 5.92 Å². The highest BCUT2D eigenvalue weighted by Gasteiger charge is 2.30. The number of hydrogen-bond donors (Lipinski definition) is 1. The lowest BCUT2D eigenvalue weighted by Crippen LogP contribution is -2.22. The molecule has 11 nitrogen and oxygen atoms in total. The predicted octanol–water partition coefficient (Wildman–Crippen LogP) is 3.30. The summed E-state index contributed by atoms with van der Waals surface area (Å²) < 4.78 is 43.1. The van der Waals surface area contributed by atoms with Gasteiger partial charge >= 0.3 is 0 Å². The number of ether oxygens (including phenoxy) is 3. The third kappa shape index (κ3) is 5.01. The summed E-state index contributed by atoms with van der Waals surface area (Å²) in [6, 6.07) is 10.4. The standard InChI is InChI=1S/C24H23ClN6O5S/c1-5-9-17(37(26,32)33)19-21(25)29-22-24(28-19)31(20-15(34-3)11-8-12-16(20)35-4)23(30-22)14-10-7-13-18(27-14)36-6-2/h7-8,10-13,17H,6H2,1-4H3,(H2,26,32,33). The quantitative estimate of drug-likeness (QED) is 0.331. The highest BCUT2D eigenvalue weighted by atomic mass is 35.5. The summed E-state index contributed by atoms with van der Waals surface area (Å²) in [4.78, 5) is 18.1. The van der Waals surface area contributed by atoms with Crippen LogP contribution in [-0.2, 0) is 10.0 Å². The Hall–Kier alpha value is -3.92. The van der Waals surface area contributed by atoms with Crippen molar-refractivity contribution in [1.29, 1.82) is 0 Å². The number of fused-ring (bicyclic) bond motifs is 1. The first-order chi connectivity index (χ1) is 17.7. The molecule has 192 valence electrons. The minimum absolute atomic E-state index is 0.123. The Labute approximate surface area is 218 Å². The maximum atomic E-state index is 12.4. The molecule has 3 aromatic heterocycles. The summed E-state index contributed by atoms with van der Waals surface area (Å²) in [5.74, 6) is 6.66. The van der Waals surface area contributed by atoms with E-state index in [0.717, 1.165) is 0 Å². The monoisotopic (exact) mass is 542 g/mol. The largest absolute Gasteiger partial charge is 0.494 e. The van der Waals surface area contributed by atoms with E-state index >= 15 is 0 Å². The van der Waals surface area contributed by atoms with Crippen molar-refractivity contribution < 1.29 is 22.6 Å².